The van der Waals surface area contributed by atoms with Crippen molar-refractivity contribution in [1.29, 1.82) is 0 Å². The highest BCUT2D eigenvalue weighted by Gasteiger charge is 2.16. The van der Waals surface area contributed by atoms with Crippen molar-refractivity contribution in [3.05, 3.63) is 0 Å². The Bertz CT molecular complexity index is 207. The number of nitrogens with zero attached hydrogens (tertiary/aromatic N) is 1. The normalized spacial score (nSPS) is 15.2. The molecule has 96 valence electrons. The molecular formula is C12H25ClN2O. The van der Waals surface area contributed by atoms with E-state index < -0.39 is 0 Å². The molecule has 0 radical (unpaired) electrons. The molecule has 0 bridgehead atoms. The fraction of sp³-hybridized carbons (Fsp3) is 0.917. The van der Waals surface area contributed by atoms with Crippen LogP contribution in [-0.2, 0) is 4.79 Å². The Labute approximate surface area is 105 Å². The van der Waals surface area contributed by atoms with Gasteiger partial charge in [-0.2, -0.15) is 0 Å². The monoisotopic (exact) mass is 248 g/mol. The molecule has 1 N–H and O–H groups in total. The molecular weight excluding hydrogens is 224 g/mol. The first kappa shape index (κ1) is 15.7. The molecule has 2 atom stereocenters. The molecule has 3 nitrogen and oxygen atoms in total. The molecule has 0 aliphatic heterocycles. The van der Waals surface area contributed by atoms with E-state index in [9.17, 15) is 4.79 Å². The molecule has 16 heavy (non-hydrogen) atoms. The zero-order chi connectivity index (χ0) is 12.7. The molecule has 0 rings (SSSR count). The Balaban J connectivity index is 4.06. The van der Waals surface area contributed by atoms with Crippen molar-refractivity contribution in [3.8, 4) is 0 Å². The zero-order valence-electron chi connectivity index (χ0n) is 11.1. The number of halogens is 1. The highest BCUT2D eigenvalue weighted by atomic mass is 35.5. The number of amides is 1. The van der Waals surface area contributed by atoms with Gasteiger partial charge in [-0.15, -0.1) is 11.6 Å². The minimum absolute atomic E-state index is 0.0469. The maximum Gasteiger partial charge on any atom is 0.224 e. The van der Waals surface area contributed by atoms with Crippen LogP contribution in [0.2, 0.25) is 0 Å². The van der Waals surface area contributed by atoms with E-state index in [0.29, 0.717) is 24.4 Å². The van der Waals surface area contributed by atoms with Gasteiger partial charge in [-0.1, -0.05) is 20.8 Å². The third-order valence-electron chi connectivity index (χ3n) is 2.66. The van der Waals surface area contributed by atoms with Crippen LogP contribution in [0.15, 0.2) is 0 Å². The molecule has 0 aromatic carbocycles. The molecule has 0 saturated carbocycles. The number of likely N-dealkylation sites (N-methyl/N-ethyl adjacent to an activating group) is 1. The molecule has 4 heteroatoms. The molecule has 0 spiro atoms. The van der Waals surface area contributed by atoms with Gasteiger partial charge in [-0.25, -0.2) is 0 Å². The smallest absolute Gasteiger partial charge is 0.224 e. The van der Waals surface area contributed by atoms with E-state index >= 15 is 0 Å². The maximum atomic E-state index is 11.6. The van der Waals surface area contributed by atoms with Gasteiger partial charge in [0.05, 0.1) is 0 Å². The van der Waals surface area contributed by atoms with Crippen molar-refractivity contribution in [2.75, 3.05) is 26.5 Å². The number of nitrogens with one attached hydrogen (secondary N) is 1. The van der Waals surface area contributed by atoms with Crippen molar-refractivity contribution in [2.24, 2.45) is 11.8 Å². The summed E-state index contributed by atoms with van der Waals surface area (Å²) in [6.07, 6.45) is 1.09. The third kappa shape index (κ3) is 6.33. The summed E-state index contributed by atoms with van der Waals surface area (Å²) in [4.78, 5) is 13.7. The number of carbonyl (C=O) groups excluding carboxylic acids is 1. The summed E-state index contributed by atoms with van der Waals surface area (Å²) in [5.41, 5.74) is 0. The Morgan fingerprint density at radius 2 is 1.88 bits per heavy atom. The van der Waals surface area contributed by atoms with Gasteiger partial charge in [0.2, 0.25) is 5.91 Å². The summed E-state index contributed by atoms with van der Waals surface area (Å²) >= 11 is 5.64. The summed E-state index contributed by atoms with van der Waals surface area (Å²) < 4.78 is 0. The summed E-state index contributed by atoms with van der Waals surface area (Å²) in [6, 6.07) is 0.395. The first-order valence-electron chi connectivity index (χ1n) is 5.88. The SMILES string of the molecule is CC(C)CC(CNC(=O)C(C)CCl)N(C)C. The lowest BCUT2D eigenvalue weighted by molar-refractivity contribution is -0.124. The van der Waals surface area contributed by atoms with E-state index in [4.69, 9.17) is 11.6 Å². The molecule has 0 aromatic heterocycles. The standard InChI is InChI=1S/C12H25ClN2O/c1-9(2)6-11(15(4)5)8-14-12(16)10(3)7-13/h9-11H,6-8H2,1-5H3,(H,14,16). The maximum absolute atomic E-state index is 11.6. The summed E-state index contributed by atoms with van der Waals surface area (Å²) in [7, 11) is 4.09. The summed E-state index contributed by atoms with van der Waals surface area (Å²) in [6.45, 7) is 6.93. The van der Waals surface area contributed by atoms with E-state index in [1.54, 1.807) is 0 Å². The molecule has 0 fully saturated rings. The van der Waals surface area contributed by atoms with E-state index in [-0.39, 0.29) is 11.8 Å². The Hall–Kier alpha value is -0.280. The molecule has 0 aliphatic carbocycles. The highest BCUT2D eigenvalue weighted by Crippen LogP contribution is 2.08. The van der Waals surface area contributed by atoms with Gasteiger partial charge in [0.1, 0.15) is 0 Å². The lowest BCUT2D eigenvalue weighted by atomic mass is 10.0. The lowest BCUT2D eigenvalue weighted by Gasteiger charge is -2.26. The topological polar surface area (TPSA) is 32.3 Å². The lowest BCUT2D eigenvalue weighted by Crippen LogP contribution is -2.42. The van der Waals surface area contributed by atoms with Gasteiger partial charge in [0.25, 0.3) is 0 Å². The van der Waals surface area contributed by atoms with Crippen LogP contribution in [0.5, 0.6) is 0 Å². The minimum Gasteiger partial charge on any atom is -0.354 e. The predicted molar refractivity (Wildman–Crippen MR) is 69.8 cm³/mol. The molecule has 2 unspecified atom stereocenters. The van der Waals surface area contributed by atoms with E-state index in [1.165, 1.54) is 0 Å². The number of hydrogen-bond donors (Lipinski definition) is 1. The number of alkyl halides is 1. The quantitative estimate of drug-likeness (QED) is 0.699. The molecule has 1 amide bonds. The van der Waals surface area contributed by atoms with Crippen LogP contribution in [0.1, 0.15) is 27.2 Å². The van der Waals surface area contributed by atoms with Crippen molar-refractivity contribution in [1.82, 2.24) is 10.2 Å². The van der Waals surface area contributed by atoms with Crippen LogP contribution in [0.4, 0.5) is 0 Å². The largest absolute Gasteiger partial charge is 0.354 e. The Kier molecular flexibility index (Phi) is 7.77. The van der Waals surface area contributed by atoms with Gasteiger partial charge < -0.3 is 10.2 Å². The molecule has 0 saturated heterocycles. The van der Waals surface area contributed by atoms with Crippen molar-refractivity contribution in [2.45, 2.75) is 33.2 Å². The molecule has 0 aliphatic rings. The van der Waals surface area contributed by atoms with Gasteiger partial charge in [0, 0.05) is 24.4 Å². The van der Waals surface area contributed by atoms with Crippen molar-refractivity contribution < 1.29 is 4.79 Å². The number of rotatable bonds is 7. The second kappa shape index (κ2) is 7.91. The van der Waals surface area contributed by atoms with Crippen LogP contribution in [0.25, 0.3) is 0 Å². The second-order valence-electron chi connectivity index (χ2n) is 5.05. The Morgan fingerprint density at radius 1 is 1.31 bits per heavy atom. The van der Waals surface area contributed by atoms with Gasteiger partial charge in [0.15, 0.2) is 0 Å². The van der Waals surface area contributed by atoms with Crippen LogP contribution in [0.3, 0.4) is 0 Å². The fourth-order valence-electron chi connectivity index (χ4n) is 1.48. The molecule has 0 aromatic rings. The average molecular weight is 249 g/mol. The predicted octanol–water partition coefficient (Wildman–Crippen LogP) is 1.95. The van der Waals surface area contributed by atoms with Gasteiger partial charge >= 0.3 is 0 Å². The summed E-state index contributed by atoms with van der Waals surface area (Å²) in [5.74, 6) is 0.951. The fourth-order valence-corrected chi connectivity index (χ4v) is 1.62. The van der Waals surface area contributed by atoms with Crippen LogP contribution in [-0.4, -0.2) is 43.4 Å². The van der Waals surface area contributed by atoms with Gasteiger partial charge in [-0.3, -0.25) is 4.79 Å². The van der Waals surface area contributed by atoms with Crippen LogP contribution >= 0.6 is 11.6 Å². The van der Waals surface area contributed by atoms with Crippen molar-refractivity contribution >= 4 is 17.5 Å². The third-order valence-corrected chi connectivity index (χ3v) is 3.13. The summed E-state index contributed by atoms with van der Waals surface area (Å²) in [5, 5.41) is 2.96. The first-order chi connectivity index (χ1) is 7.38. The minimum atomic E-state index is -0.108. The molecule has 0 heterocycles. The van der Waals surface area contributed by atoms with Gasteiger partial charge in [-0.05, 0) is 26.4 Å². The van der Waals surface area contributed by atoms with Crippen LogP contribution in [0, 0.1) is 11.8 Å². The van der Waals surface area contributed by atoms with E-state index in [0.717, 1.165) is 6.42 Å². The average Bonchev–Trinajstić information content (AvgIpc) is 2.21. The number of carbonyl (C=O) groups is 1. The second-order valence-corrected chi connectivity index (χ2v) is 5.36. The highest BCUT2D eigenvalue weighted by molar-refractivity contribution is 6.19. The van der Waals surface area contributed by atoms with Crippen LogP contribution < -0.4 is 5.32 Å². The van der Waals surface area contributed by atoms with E-state index in [1.807, 2.05) is 21.0 Å². The number of hydrogen-bond acceptors (Lipinski definition) is 2. The zero-order valence-corrected chi connectivity index (χ0v) is 11.8. The van der Waals surface area contributed by atoms with E-state index in [2.05, 4.69) is 24.1 Å². The Morgan fingerprint density at radius 3 is 2.25 bits per heavy atom. The first-order valence-corrected chi connectivity index (χ1v) is 6.42. The van der Waals surface area contributed by atoms with Crippen molar-refractivity contribution in [3.63, 3.8) is 0 Å².